The fourth-order valence-corrected chi connectivity index (χ4v) is 3.72. The molecule has 21 heavy (non-hydrogen) atoms. The van der Waals surface area contributed by atoms with Crippen molar-refractivity contribution >= 4 is 0 Å². The smallest absolute Gasteiger partial charge is 0.0947 e. The van der Waals surface area contributed by atoms with E-state index in [1.807, 2.05) is 30.3 Å². The Morgan fingerprint density at radius 1 is 1.00 bits per heavy atom. The van der Waals surface area contributed by atoms with E-state index in [1.54, 1.807) is 0 Å². The molecule has 1 aliphatic rings. The van der Waals surface area contributed by atoms with Crippen LogP contribution < -0.4 is 0 Å². The number of aliphatic hydroxyl groups is 1. The van der Waals surface area contributed by atoms with Crippen LogP contribution in [0.2, 0.25) is 0 Å². The van der Waals surface area contributed by atoms with Gasteiger partial charge in [-0.15, -0.1) is 0 Å². The van der Waals surface area contributed by atoms with Crippen molar-refractivity contribution in [2.24, 2.45) is 17.8 Å². The standard InChI is InChI=1S/C19H31NO/c1-14(2)16-10-12-20(13-11-16)18(15(3)4)19(21)17-8-6-5-7-9-17/h5-9,14-16,18-19,21H,10-13H2,1-4H3. The van der Waals surface area contributed by atoms with Crippen LogP contribution in [-0.2, 0) is 0 Å². The van der Waals surface area contributed by atoms with Crippen molar-refractivity contribution in [2.75, 3.05) is 13.1 Å². The first-order chi connectivity index (χ1) is 10.0. The highest BCUT2D eigenvalue weighted by atomic mass is 16.3. The van der Waals surface area contributed by atoms with Crippen LogP contribution in [0.15, 0.2) is 30.3 Å². The van der Waals surface area contributed by atoms with E-state index in [0.29, 0.717) is 5.92 Å². The third-order valence-electron chi connectivity index (χ3n) is 5.09. The fourth-order valence-electron chi connectivity index (χ4n) is 3.72. The van der Waals surface area contributed by atoms with Crippen LogP contribution in [0.4, 0.5) is 0 Å². The molecule has 0 aliphatic carbocycles. The average Bonchev–Trinajstić information content (AvgIpc) is 2.48. The largest absolute Gasteiger partial charge is 0.387 e. The lowest BCUT2D eigenvalue weighted by molar-refractivity contribution is 0.000722. The second-order valence-corrected chi connectivity index (χ2v) is 7.21. The van der Waals surface area contributed by atoms with Crippen LogP contribution in [0.1, 0.15) is 52.2 Å². The van der Waals surface area contributed by atoms with Gasteiger partial charge < -0.3 is 5.11 Å². The highest BCUT2D eigenvalue weighted by Crippen LogP contribution is 2.32. The summed E-state index contributed by atoms with van der Waals surface area (Å²) in [7, 11) is 0. The number of aliphatic hydroxyl groups excluding tert-OH is 1. The van der Waals surface area contributed by atoms with E-state index in [0.717, 1.165) is 30.5 Å². The van der Waals surface area contributed by atoms with Gasteiger partial charge in [0.25, 0.3) is 0 Å². The zero-order chi connectivity index (χ0) is 15.4. The Hall–Kier alpha value is -0.860. The van der Waals surface area contributed by atoms with Crippen LogP contribution in [0.25, 0.3) is 0 Å². The third-order valence-corrected chi connectivity index (χ3v) is 5.09. The molecule has 2 unspecified atom stereocenters. The molecule has 1 fully saturated rings. The number of hydrogen-bond acceptors (Lipinski definition) is 2. The molecule has 1 saturated heterocycles. The first-order valence-corrected chi connectivity index (χ1v) is 8.47. The van der Waals surface area contributed by atoms with Gasteiger partial charge in [0.2, 0.25) is 0 Å². The predicted octanol–water partition coefficient (Wildman–Crippen LogP) is 4.11. The molecular formula is C19H31NO. The quantitative estimate of drug-likeness (QED) is 0.881. The van der Waals surface area contributed by atoms with Gasteiger partial charge in [0, 0.05) is 6.04 Å². The van der Waals surface area contributed by atoms with Crippen molar-refractivity contribution in [1.29, 1.82) is 0 Å². The second kappa shape index (κ2) is 7.42. The van der Waals surface area contributed by atoms with Gasteiger partial charge in [-0.25, -0.2) is 0 Å². The van der Waals surface area contributed by atoms with Gasteiger partial charge in [-0.1, -0.05) is 58.0 Å². The lowest BCUT2D eigenvalue weighted by Gasteiger charge is -2.42. The normalized spacial score (nSPS) is 20.9. The molecule has 0 bridgehead atoms. The average molecular weight is 289 g/mol. The summed E-state index contributed by atoms with van der Waals surface area (Å²) in [5, 5.41) is 10.8. The summed E-state index contributed by atoms with van der Waals surface area (Å²) in [4.78, 5) is 2.52. The topological polar surface area (TPSA) is 23.5 Å². The number of rotatable bonds is 5. The zero-order valence-corrected chi connectivity index (χ0v) is 14.0. The highest BCUT2D eigenvalue weighted by Gasteiger charge is 2.33. The van der Waals surface area contributed by atoms with Crippen LogP contribution in [-0.4, -0.2) is 29.1 Å². The predicted molar refractivity (Wildman–Crippen MR) is 89.2 cm³/mol. The molecule has 1 heterocycles. The van der Waals surface area contributed by atoms with Crippen molar-refractivity contribution in [1.82, 2.24) is 4.90 Å². The molecule has 2 heteroatoms. The Bertz CT molecular complexity index is 407. The maximum absolute atomic E-state index is 10.8. The zero-order valence-electron chi connectivity index (χ0n) is 14.0. The molecule has 118 valence electrons. The minimum Gasteiger partial charge on any atom is -0.387 e. The molecule has 0 aromatic heterocycles. The van der Waals surface area contributed by atoms with E-state index < -0.39 is 0 Å². The molecule has 2 rings (SSSR count). The summed E-state index contributed by atoms with van der Waals surface area (Å²) in [5.74, 6) is 2.09. The summed E-state index contributed by atoms with van der Waals surface area (Å²) in [6.45, 7) is 11.4. The van der Waals surface area contributed by atoms with Crippen LogP contribution in [0, 0.1) is 17.8 Å². The molecular weight excluding hydrogens is 258 g/mol. The summed E-state index contributed by atoms with van der Waals surface area (Å²) < 4.78 is 0. The van der Waals surface area contributed by atoms with Crippen molar-refractivity contribution < 1.29 is 5.11 Å². The number of piperidine rings is 1. The van der Waals surface area contributed by atoms with E-state index in [4.69, 9.17) is 0 Å². The lowest BCUT2D eigenvalue weighted by atomic mass is 9.84. The Morgan fingerprint density at radius 2 is 1.57 bits per heavy atom. The Balaban J connectivity index is 2.06. The minimum atomic E-state index is -0.387. The molecule has 2 nitrogen and oxygen atoms in total. The van der Waals surface area contributed by atoms with Gasteiger partial charge in [0.05, 0.1) is 6.10 Å². The van der Waals surface area contributed by atoms with Gasteiger partial charge in [-0.2, -0.15) is 0 Å². The molecule has 2 atom stereocenters. The first kappa shape index (κ1) is 16.5. The van der Waals surface area contributed by atoms with Crippen molar-refractivity contribution in [3.05, 3.63) is 35.9 Å². The SMILES string of the molecule is CC(C)C1CCN(C(C(C)C)C(O)c2ccccc2)CC1. The number of nitrogens with zero attached hydrogens (tertiary/aromatic N) is 1. The van der Waals surface area contributed by atoms with E-state index >= 15 is 0 Å². The molecule has 0 spiro atoms. The van der Waals surface area contributed by atoms with Crippen molar-refractivity contribution in [3.63, 3.8) is 0 Å². The Labute approximate surface area is 130 Å². The first-order valence-electron chi connectivity index (χ1n) is 8.47. The number of hydrogen-bond donors (Lipinski definition) is 1. The Morgan fingerprint density at radius 3 is 2.05 bits per heavy atom. The summed E-state index contributed by atoms with van der Waals surface area (Å²) in [5.41, 5.74) is 1.04. The minimum absolute atomic E-state index is 0.223. The van der Waals surface area contributed by atoms with E-state index in [9.17, 15) is 5.11 Å². The molecule has 0 saturated carbocycles. The van der Waals surface area contributed by atoms with Crippen molar-refractivity contribution in [3.8, 4) is 0 Å². The maximum Gasteiger partial charge on any atom is 0.0947 e. The second-order valence-electron chi connectivity index (χ2n) is 7.21. The van der Waals surface area contributed by atoms with Gasteiger partial charge in [0.1, 0.15) is 0 Å². The summed E-state index contributed by atoms with van der Waals surface area (Å²) in [6.07, 6.45) is 2.15. The molecule has 1 N–H and O–H groups in total. The Kier molecular flexibility index (Phi) is 5.83. The van der Waals surface area contributed by atoms with Gasteiger partial charge in [-0.3, -0.25) is 4.90 Å². The van der Waals surface area contributed by atoms with E-state index in [1.165, 1.54) is 12.8 Å². The number of likely N-dealkylation sites (tertiary alicyclic amines) is 1. The van der Waals surface area contributed by atoms with E-state index in [2.05, 4.69) is 32.6 Å². The van der Waals surface area contributed by atoms with E-state index in [-0.39, 0.29) is 12.1 Å². The number of benzene rings is 1. The summed E-state index contributed by atoms with van der Waals surface area (Å²) in [6, 6.07) is 10.3. The van der Waals surface area contributed by atoms with Crippen LogP contribution in [0.3, 0.4) is 0 Å². The van der Waals surface area contributed by atoms with Gasteiger partial charge in [0.15, 0.2) is 0 Å². The third kappa shape index (κ3) is 4.08. The highest BCUT2D eigenvalue weighted by molar-refractivity contribution is 5.19. The monoisotopic (exact) mass is 289 g/mol. The molecule has 0 amide bonds. The van der Waals surface area contributed by atoms with Crippen LogP contribution in [0.5, 0.6) is 0 Å². The molecule has 1 aliphatic heterocycles. The maximum atomic E-state index is 10.8. The lowest BCUT2D eigenvalue weighted by Crippen LogP contribution is -2.47. The summed E-state index contributed by atoms with van der Waals surface area (Å²) >= 11 is 0. The molecule has 1 aromatic carbocycles. The van der Waals surface area contributed by atoms with Crippen LogP contribution >= 0.6 is 0 Å². The van der Waals surface area contributed by atoms with Gasteiger partial charge in [-0.05, 0) is 49.2 Å². The van der Waals surface area contributed by atoms with Gasteiger partial charge >= 0.3 is 0 Å². The van der Waals surface area contributed by atoms with Crippen molar-refractivity contribution in [2.45, 2.75) is 52.7 Å². The fraction of sp³-hybridized carbons (Fsp3) is 0.684. The molecule has 0 radical (unpaired) electrons. The molecule has 1 aromatic rings.